The summed E-state index contributed by atoms with van der Waals surface area (Å²) in [6.07, 6.45) is 0.623. The van der Waals surface area contributed by atoms with Gasteiger partial charge in [-0.15, -0.1) is 10.2 Å². The molecule has 2 heterocycles. The maximum atomic E-state index is 12.7. The van der Waals surface area contributed by atoms with E-state index in [0.29, 0.717) is 22.8 Å². The van der Waals surface area contributed by atoms with Crippen LogP contribution in [-0.4, -0.2) is 33.4 Å². The molecule has 4 rings (SSSR count). The van der Waals surface area contributed by atoms with Gasteiger partial charge in [0.2, 0.25) is 5.13 Å². The first-order chi connectivity index (χ1) is 16.6. The molecule has 0 amide bonds. The second kappa shape index (κ2) is 9.19. The molecule has 2 aromatic carbocycles. The molecule has 0 atom stereocenters. The second-order valence-electron chi connectivity index (χ2n) is 7.26. The summed E-state index contributed by atoms with van der Waals surface area (Å²) in [6, 6.07) is 9.37. The van der Waals surface area contributed by atoms with Crippen LogP contribution in [0.25, 0.3) is 10.9 Å². The Labute approximate surface area is 202 Å². The Morgan fingerprint density at radius 1 is 1.00 bits per heavy atom. The van der Waals surface area contributed by atoms with Gasteiger partial charge in [0.15, 0.2) is 0 Å². The molecule has 0 saturated heterocycles. The molecule has 180 valence electrons. The van der Waals surface area contributed by atoms with Gasteiger partial charge in [-0.25, -0.2) is 8.42 Å². The van der Waals surface area contributed by atoms with Crippen LogP contribution in [0.2, 0.25) is 0 Å². The van der Waals surface area contributed by atoms with Gasteiger partial charge >= 0.3 is 5.69 Å². The zero-order valence-corrected chi connectivity index (χ0v) is 19.9. The zero-order valence-electron chi connectivity index (χ0n) is 18.3. The van der Waals surface area contributed by atoms with Gasteiger partial charge in [0.05, 0.1) is 26.2 Å². The van der Waals surface area contributed by atoms with Crippen molar-refractivity contribution >= 4 is 60.1 Å². The molecule has 4 aromatic rings. The van der Waals surface area contributed by atoms with Gasteiger partial charge in [0.25, 0.3) is 15.7 Å². The van der Waals surface area contributed by atoms with Crippen LogP contribution < -0.4 is 10.0 Å². The van der Waals surface area contributed by atoms with Crippen LogP contribution in [0.1, 0.15) is 17.6 Å². The number of aromatic nitrogens is 3. The first kappa shape index (κ1) is 23.9. The molecule has 0 bridgehead atoms. The molecule has 2 N–H and O–H groups in total. The number of rotatable bonds is 8. The summed E-state index contributed by atoms with van der Waals surface area (Å²) in [5, 5.41) is 34.7. The molecule has 0 saturated carbocycles. The van der Waals surface area contributed by atoms with Gasteiger partial charge in [0, 0.05) is 11.4 Å². The number of sulfonamides is 1. The number of hydrogen-bond acceptors (Lipinski definition) is 11. The molecule has 13 nitrogen and oxygen atoms in total. The first-order valence-corrected chi connectivity index (χ1v) is 12.3. The van der Waals surface area contributed by atoms with Crippen LogP contribution in [0, 0.1) is 27.2 Å². The minimum Gasteiger partial charge on any atom is -0.348 e. The first-order valence-electron chi connectivity index (χ1n) is 10.0. The Kier molecular flexibility index (Phi) is 6.27. The molecule has 0 radical (unpaired) electrons. The van der Waals surface area contributed by atoms with Crippen LogP contribution >= 0.6 is 11.3 Å². The van der Waals surface area contributed by atoms with Gasteiger partial charge in [-0.1, -0.05) is 18.3 Å². The van der Waals surface area contributed by atoms with Crippen LogP contribution in [0.4, 0.5) is 27.9 Å². The van der Waals surface area contributed by atoms with Gasteiger partial charge in [-0.05, 0) is 49.7 Å². The highest BCUT2D eigenvalue weighted by molar-refractivity contribution is 7.93. The van der Waals surface area contributed by atoms with E-state index in [1.165, 1.54) is 30.3 Å². The Morgan fingerprint density at radius 2 is 1.69 bits per heavy atom. The number of anilines is 3. The van der Waals surface area contributed by atoms with Crippen molar-refractivity contribution in [3.05, 3.63) is 73.4 Å². The summed E-state index contributed by atoms with van der Waals surface area (Å²) in [5.74, 6) is 0. The summed E-state index contributed by atoms with van der Waals surface area (Å²) < 4.78 is 27.7. The maximum Gasteiger partial charge on any atom is 0.301 e. The van der Waals surface area contributed by atoms with Crippen LogP contribution in [0.15, 0.2) is 47.4 Å². The van der Waals surface area contributed by atoms with Crippen molar-refractivity contribution < 1.29 is 18.3 Å². The number of pyridine rings is 1. The average Bonchev–Trinajstić information content (AvgIpc) is 3.26. The molecule has 0 aliphatic heterocycles. The lowest BCUT2D eigenvalue weighted by Gasteiger charge is -2.12. The fraction of sp³-hybridized carbons (Fsp3) is 0.150. The Hall–Kier alpha value is -4.24. The Morgan fingerprint density at radius 3 is 2.29 bits per heavy atom. The summed E-state index contributed by atoms with van der Waals surface area (Å²) in [5.41, 5.74) is -0.162. The Bertz CT molecular complexity index is 1570. The third-order valence-corrected chi connectivity index (χ3v) is 7.36. The number of fused-ring (bicyclic) bond motifs is 1. The largest absolute Gasteiger partial charge is 0.348 e. The van der Waals surface area contributed by atoms with Crippen LogP contribution in [-0.2, 0) is 16.4 Å². The fourth-order valence-electron chi connectivity index (χ4n) is 3.25. The summed E-state index contributed by atoms with van der Waals surface area (Å²) in [4.78, 5) is 26.0. The zero-order chi connectivity index (χ0) is 25.3. The smallest absolute Gasteiger partial charge is 0.301 e. The van der Waals surface area contributed by atoms with Crippen molar-refractivity contribution in [3.63, 3.8) is 0 Å². The standard InChI is InChI=1S/C20H17N7O6S2/c1-3-17-23-24-20(34-17)25-35(32,33)13-7-5-12(6-8-13)22-19-16(27(30)31)10-15(26(28)29)14-9-4-11(2)21-18(14)19/h4-10,22H,3H2,1-2H3,(H,24,25). The number of nitro benzene ring substituents is 2. The lowest BCUT2D eigenvalue weighted by molar-refractivity contribution is -0.392. The number of nitrogens with zero attached hydrogens (tertiary/aromatic N) is 5. The number of nitro groups is 2. The summed E-state index contributed by atoms with van der Waals surface area (Å²) >= 11 is 1.13. The van der Waals surface area contributed by atoms with E-state index in [1.54, 1.807) is 13.0 Å². The number of non-ortho nitro benzene ring substituents is 1. The van der Waals surface area contributed by atoms with Crippen LogP contribution in [0.5, 0.6) is 0 Å². The molecular formula is C20H17N7O6S2. The van der Waals surface area contributed by atoms with E-state index < -0.39 is 31.2 Å². The highest BCUT2D eigenvalue weighted by Gasteiger charge is 2.27. The number of nitrogens with one attached hydrogen (secondary N) is 2. The molecule has 35 heavy (non-hydrogen) atoms. The average molecular weight is 516 g/mol. The third kappa shape index (κ3) is 4.85. The lowest BCUT2D eigenvalue weighted by Crippen LogP contribution is -2.12. The minimum atomic E-state index is -3.94. The molecule has 0 aliphatic rings. The molecule has 15 heteroatoms. The van der Waals surface area contributed by atoms with Crippen molar-refractivity contribution in [1.82, 2.24) is 15.2 Å². The van der Waals surface area contributed by atoms with Gasteiger partial charge in [0.1, 0.15) is 16.2 Å². The minimum absolute atomic E-state index is 0.0472. The topological polar surface area (TPSA) is 183 Å². The van der Waals surface area contributed by atoms with Gasteiger partial charge < -0.3 is 5.32 Å². The van der Waals surface area contributed by atoms with Crippen molar-refractivity contribution in [2.45, 2.75) is 25.2 Å². The van der Waals surface area contributed by atoms with Crippen LogP contribution in [0.3, 0.4) is 0 Å². The molecule has 0 spiro atoms. The van der Waals surface area contributed by atoms with Crippen molar-refractivity contribution in [3.8, 4) is 0 Å². The normalized spacial score (nSPS) is 11.4. The van der Waals surface area contributed by atoms with E-state index in [-0.39, 0.29) is 26.6 Å². The third-order valence-electron chi connectivity index (χ3n) is 4.90. The van der Waals surface area contributed by atoms with E-state index >= 15 is 0 Å². The molecule has 0 fully saturated rings. The fourth-order valence-corrected chi connectivity index (χ4v) is 5.16. The predicted octanol–water partition coefficient (Wildman–Crippen LogP) is 4.32. The maximum absolute atomic E-state index is 12.7. The molecular weight excluding hydrogens is 498 g/mol. The number of benzene rings is 2. The van der Waals surface area contributed by atoms with E-state index in [2.05, 4.69) is 25.2 Å². The quantitative estimate of drug-likeness (QED) is 0.253. The highest BCUT2D eigenvalue weighted by atomic mass is 32.2. The molecule has 2 aromatic heterocycles. The predicted molar refractivity (Wildman–Crippen MR) is 130 cm³/mol. The van der Waals surface area contributed by atoms with Gasteiger partial charge in [-0.2, -0.15) is 0 Å². The second-order valence-corrected chi connectivity index (χ2v) is 10.0. The van der Waals surface area contributed by atoms with E-state index in [4.69, 9.17) is 0 Å². The SMILES string of the molecule is CCc1nnc(NS(=O)(=O)c2ccc(Nc3c([N+](=O)[O-])cc([N+](=O)[O-])c4ccc(C)nc34)cc2)s1. The van der Waals surface area contributed by atoms with Crippen molar-refractivity contribution in [2.75, 3.05) is 10.0 Å². The van der Waals surface area contributed by atoms with E-state index in [0.717, 1.165) is 17.4 Å². The van der Waals surface area contributed by atoms with Crippen molar-refractivity contribution in [1.29, 1.82) is 0 Å². The monoisotopic (exact) mass is 515 g/mol. The molecule has 0 unspecified atom stereocenters. The molecule has 0 aliphatic carbocycles. The summed E-state index contributed by atoms with van der Waals surface area (Å²) in [7, 11) is -3.94. The summed E-state index contributed by atoms with van der Waals surface area (Å²) in [6.45, 7) is 3.53. The highest BCUT2D eigenvalue weighted by Crippen LogP contribution is 2.40. The number of hydrogen-bond donors (Lipinski definition) is 2. The van der Waals surface area contributed by atoms with Crippen molar-refractivity contribution in [2.24, 2.45) is 0 Å². The van der Waals surface area contributed by atoms with E-state index in [9.17, 15) is 28.6 Å². The van der Waals surface area contributed by atoms with Gasteiger partial charge in [-0.3, -0.25) is 29.9 Å². The van der Waals surface area contributed by atoms with E-state index in [1.807, 2.05) is 6.92 Å². The Balaban J connectivity index is 1.71. The lowest BCUT2D eigenvalue weighted by atomic mass is 10.1. The number of aryl methyl sites for hydroxylation is 2.